The summed E-state index contributed by atoms with van der Waals surface area (Å²) in [5, 5.41) is 6.92. The summed E-state index contributed by atoms with van der Waals surface area (Å²) in [5.74, 6) is 0.0617. The van der Waals surface area contributed by atoms with Crippen molar-refractivity contribution in [3.63, 3.8) is 0 Å². The molecule has 1 aromatic carbocycles. The van der Waals surface area contributed by atoms with Crippen molar-refractivity contribution in [2.75, 3.05) is 51.3 Å². The summed E-state index contributed by atoms with van der Waals surface area (Å²) in [6.45, 7) is 9.64. The Morgan fingerprint density at radius 3 is 2.70 bits per heavy atom. The number of benzene rings is 1. The maximum Gasteiger partial charge on any atom is 0.221 e. The molecule has 0 spiro atoms. The Balaban J connectivity index is 1.65. The van der Waals surface area contributed by atoms with E-state index in [-0.39, 0.29) is 5.91 Å². The molecule has 1 aliphatic rings. The molecule has 6 heteroatoms. The van der Waals surface area contributed by atoms with Crippen molar-refractivity contribution in [3.05, 3.63) is 28.3 Å². The third-order valence-corrected chi connectivity index (χ3v) is 4.24. The molecule has 2 rings (SSSR count). The lowest BCUT2D eigenvalue weighted by molar-refractivity contribution is -0.120. The standard InChI is InChI=1S/C17H26ClN3O2/c1-13-11-14(2)17(15(18)12-13)20-4-3-16(22)19-5-6-21-7-9-23-10-8-21/h11-12,20H,3-10H2,1-2H3,(H,19,22). The Kier molecular flexibility index (Phi) is 7.15. The van der Waals surface area contributed by atoms with E-state index in [1.165, 1.54) is 0 Å². The van der Waals surface area contributed by atoms with E-state index in [0.717, 1.165) is 49.7 Å². The van der Waals surface area contributed by atoms with Gasteiger partial charge in [-0.3, -0.25) is 9.69 Å². The fourth-order valence-electron chi connectivity index (χ4n) is 2.71. The number of ether oxygens (including phenoxy) is 1. The lowest BCUT2D eigenvalue weighted by Crippen LogP contribution is -2.41. The first-order valence-electron chi connectivity index (χ1n) is 8.13. The maximum atomic E-state index is 11.9. The van der Waals surface area contributed by atoms with E-state index in [1.54, 1.807) is 0 Å². The largest absolute Gasteiger partial charge is 0.383 e. The molecule has 1 heterocycles. The van der Waals surface area contributed by atoms with Gasteiger partial charge in [0.2, 0.25) is 5.91 Å². The van der Waals surface area contributed by atoms with Crippen LogP contribution in [-0.4, -0.2) is 56.7 Å². The summed E-state index contributed by atoms with van der Waals surface area (Å²) in [7, 11) is 0. The average molecular weight is 340 g/mol. The Hall–Kier alpha value is -1.30. The van der Waals surface area contributed by atoms with Crippen molar-refractivity contribution >= 4 is 23.2 Å². The Morgan fingerprint density at radius 2 is 2.00 bits per heavy atom. The average Bonchev–Trinajstić information content (AvgIpc) is 2.51. The van der Waals surface area contributed by atoms with Crippen LogP contribution in [0.3, 0.4) is 0 Å². The van der Waals surface area contributed by atoms with E-state index in [0.29, 0.717) is 24.5 Å². The second-order valence-electron chi connectivity index (χ2n) is 5.92. The summed E-state index contributed by atoms with van der Waals surface area (Å²) in [4.78, 5) is 14.2. The van der Waals surface area contributed by atoms with Gasteiger partial charge in [-0.1, -0.05) is 17.7 Å². The van der Waals surface area contributed by atoms with E-state index in [9.17, 15) is 4.79 Å². The fraction of sp³-hybridized carbons (Fsp3) is 0.588. The fourth-order valence-corrected chi connectivity index (χ4v) is 3.10. The number of morpholine rings is 1. The van der Waals surface area contributed by atoms with Gasteiger partial charge in [-0.25, -0.2) is 0 Å². The monoisotopic (exact) mass is 339 g/mol. The molecule has 0 bridgehead atoms. The Morgan fingerprint density at radius 1 is 1.26 bits per heavy atom. The summed E-state index contributed by atoms with van der Waals surface area (Å²) in [6.07, 6.45) is 0.437. The molecule has 23 heavy (non-hydrogen) atoms. The molecule has 2 N–H and O–H groups in total. The van der Waals surface area contributed by atoms with Gasteiger partial charge in [-0.15, -0.1) is 0 Å². The minimum absolute atomic E-state index is 0.0617. The van der Waals surface area contributed by atoms with Gasteiger partial charge in [0.25, 0.3) is 0 Å². The molecule has 1 aliphatic heterocycles. The van der Waals surface area contributed by atoms with Crippen LogP contribution in [0.4, 0.5) is 5.69 Å². The van der Waals surface area contributed by atoms with Gasteiger partial charge in [0.1, 0.15) is 0 Å². The van der Waals surface area contributed by atoms with E-state index >= 15 is 0 Å². The number of carbonyl (C=O) groups is 1. The zero-order valence-corrected chi connectivity index (χ0v) is 14.7. The third-order valence-electron chi connectivity index (χ3n) is 3.94. The highest BCUT2D eigenvalue weighted by molar-refractivity contribution is 6.33. The lowest BCUT2D eigenvalue weighted by atomic mass is 10.1. The SMILES string of the molecule is Cc1cc(C)c(NCCC(=O)NCCN2CCOCC2)c(Cl)c1. The number of nitrogens with one attached hydrogen (secondary N) is 2. The number of anilines is 1. The van der Waals surface area contributed by atoms with Gasteiger partial charge in [0.05, 0.1) is 23.9 Å². The molecule has 0 aromatic heterocycles. The van der Waals surface area contributed by atoms with Crippen LogP contribution >= 0.6 is 11.6 Å². The molecule has 1 aromatic rings. The van der Waals surface area contributed by atoms with Gasteiger partial charge in [0.15, 0.2) is 0 Å². The second kappa shape index (κ2) is 9.11. The zero-order valence-electron chi connectivity index (χ0n) is 14.0. The molecular weight excluding hydrogens is 314 g/mol. The smallest absolute Gasteiger partial charge is 0.221 e. The van der Waals surface area contributed by atoms with E-state index in [1.807, 2.05) is 19.9 Å². The number of amides is 1. The van der Waals surface area contributed by atoms with Crippen molar-refractivity contribution in [3.8, 4) is 0 Å². The van der Waals surface area contributed by atoms with Gasteiger partial charge in [-0.05, 0) is 31.0 Å². The normalized spacial score (nSPS) is 15.4. The maximum absolute atomic E-state index is 11.9. The molecule has 0 radical (unpaired) electrons. The van der Waals surface area contributed by atoms with Crippen molar-refractivity contribution in [1.82, 2.24) is 10.2 Å². The predicted octanol–water partition coefficient (Wildman–Crippen LogP) is 2.21. The molecule has 128 valence electrons. The van der Waals surface area contributed by atoms with Crippen LogP contribution in [-0.2, 0) is 9.53 Å². The minimum Gasteiger partial charge on any atom is -0.383 e. The van der Waals surface area contributed by atoms with E-state index in [2.05, 4.69) is 21.6 Å². The summed E-state index contributed by atoms with van der Waals surface area (Å²) in [6, 6.07) is 4.01. The summed E-state index contributed by atoms with van der Waals surface area (Å²) >= 11 is 6.24. The Labute approximate surface area is 143 Å². The van der Waals surface area contributed by atoms with Crippen LogP contribution in [0.25, 0.3) is 0 Å². The third kappa shape index (κ3) is 6.01. The van der Waals surface area contributed by atoms with Crippen LogP contribution in [0.5, 0.6) is 0 Å². The van der Waals surface area contributed by atoms with Gasteiger partial charge >= 0.3 is 0 Å². The topological polar surface area (TPSA) is 53.6 Å². The number of halogens is 1. The molecule has 0 saturated carbocycles. The zero-order chi connectivity index (χ0) is 16.7. The number of nitrogens with zero attached hydrogens (tertiary/aromatic N) is 1. The van der Waals surface area contributed by atoms with Gasteiger partial charge < -0.3 is 15.4 Å². The number of hydrogen-bond acceptors (Lipinski definition) is 4. The van der Waals surface area contributed by atoms with Crippen molar-refractivity contribution in [2.24, 2.45) is 0 Å². The highest BCUT2D eigenvalue weighted by Crippen LogP contribution is 2.27. The van der Waals surface area contributed by atoms with Crippen molar-refractivity contribution < 1.29 is 9.53 Å². The highest BCUT2D eigenvalue weighted by atomic mass is 35.5. The first-order valence-corrected chi connectivity index (χ1v) is 8.51. The summed E-state index contributed by atoms with van der Waals surface area (Å²) in [5.41, 5.74) is 3.15. The molecule has 1 amide bonds. The van der Waals surface area contributed by atoms with Crippen LogP contribution in [0, 0.1) is 13.8 Å². The molecule has 0 unspecified atom stereocenters. The van der Waals surface area contributed by atoms with Gasteiger partial charge in [-0.2, -0.15) is 0 Å². The second-order valence-corrected chi connectivity index (χ2v) is 6.33. The Bertz CT molecular complexity index is 508. The number of carbonyl (C=O) groups excluding carboxylic acids is 1. The number of aryl methyl sites for hydroxylation is 2. The number of hydrogen-bond donors (Lipinski definition) is 2. The van der Waals surface area contributed by atoms with E-state index in [4.69, 9.17) is 16.3 Å². The number of rotatable bonds is 7. The first-order chi connectivity index (χ1) is 11.1. The van der Waals surface area contributed by atoms with Crippen LogP contribution in [0.1, 0.15) is 17.5 Å². The summed E-state index contributed by atoms with van der Waals surface area (Å²) < 4.78 is 5.30. The van der Waals surface area contributed by atoms with Gasteiger partial charge in [0, 0.05) is 39.1 Å². The molecule has 1 saturated heterocycles. The minimum atomic E-state index is 0.0617. The van der Waals surface area contributed by atoms with Crippen molar-refractivity contribution in [2.45, 2.75) is 20.3 Å². The van der Waals surface area contributed by atoms with Crippen LogP contribution < -0.4 is 10.6 Å². The van der Waals surface area contributed by atoms with Crippen LogP contribution in [0.2, 0.25) is 5.02 Å². The molecule has 0 aliphatic carbocycles. The van der Waals surface area contributed by atoms with Crippen LogP contribution in [0.15, 0.2) is 12.1 Å². The molecule has 1 fully saturated rings. The predicted molar refractivity (Wildman–Crippen MR) is 94.3 cm³/mol. The quantitative estimate of drug-likeness (QED) is 0.799. The van der Waals surface area contributed by atoms with Crippen molar-refractivity contribution in [1.29, 1.82) is 0 Å². The first kappa shape index (κ1) is 18.0. The molecular formula is C17H26ClN3O2. The van der Waals surface area contributed by atoms with E-state index < -0.39 is 0 Å². The highest BCUT2D eigenvalue weighted by Gasteiger charge is 2.10. The molecule has 0 atom stereocenters. The molecule has 5 nitrogen and oxygen atoms in total. The lowest BCUT2D eigenvalue weighted by Gasteiger charge is -2.26.